The number of nitrogens with zero attached hydrogens (tertiary/aromatic N) is 1. The summed E-state index contributed by atoms with van der Waals surface area (Å²) in [5.74, 6) is 0.547. The van der Waals surface area contributed by atoms with Gasteiger partial charge in [0.25, 0.3) is 0 Å². The van der Waals surface area contributed by atoms with Crippen molar-refractivity contribution in [2.24, 2.45) is 0 Å². The highest BCUT2D eigenvalue weighted by molar-refractivity contribution is 5.75. The molecule has 90 valence electrons. The van der Waals surface area contributed by atoms with Gasteiger partial charge in [0, 0.05) is 12.2 Å². The zero-order valence-electron chi connectivity index (χ0n) is 11.1. The average molecular weight is 227 g/mol. The summed E-state index contributed by atoms with van der Waals surface area (Å²) in [7, 11) is 0. The van der Waals surface area contributed by atoms with E-state index in [4.69, 9.17) is 0 Å². The lowest BCUT2D eigenvalue weighted by Crippen LogP contribution is -2.26. The third-order valence-corrected chi connectivity index (χ3v) is 3.17. The van der Waals surface area contributed by atoms with Crippen molar-refractivity contribution in [3.63, 3.8) is 0 Å². The molecule has 0 atom stereocenters. The molecule has 0 unspecified atom stereocenters. The minimum atomic E-state index is 0.477. The van der Waals surface area contributed by atoms with Gasteiger partial charge in [-0.2, -0.15) is 0 Å². The number of allylic oxidation sites excluding steroid dienone is 2. The fourth-order valence-corrected chi connectivity index (χ4v) is 2.29. The molecule has 0 N–H and O–H groups in total. The van der Waals surface area contributed by atoms with Crippen LogP contribution in [0.4, 0.5) is 5.69 Å². The zero-order valence-corrected chi connectivity index (χ0v) is 11.1. The standard InChI is InChI=1S/C16H21N/c1-12(2)15-10-7-9-14-8-5-6-11-17(13(3)4)16(14)15/h5-13H,1-4H3. The number of rotatable bonds is 2. The fraction of sp³-hybridized carbons (Fsp3) is 0.375. The van der Waals surface area contributed by atoms with Crippen LogP contribution in [0.2, 0.25) is 0 Å². The Hall–Kier alpha value is -1.50. The summed E-state index contributed by atoms with van der Waals surface area (Å²) < 4.78 is 0. The highest BCUT2D eigenvalue weighted by Gasteiger charge is 2.17. The van der Waals surface area contributed by atoms with Crippen LogP contribution in [0.5, 0.6) is 0 Å². The average Bonchev–Trinajstić information content (AvgIpc) is 2.50. The van der Waals surface area contributed by atoms with Crippen molar-refractivity contribution in [3.05, 3.63) is 47.7 Å². The van der Waals surface area contributed by atoms with E-state index in [0.29, 0.717) is 12.0 Å². The first-order valence-corrected chi connectivity index (χ1v) is 6.37. The summed E-state index contributed by atoms with van der Waals surface area (Å²) in [5, 5.41) is 0. The molecule has 1 aromatic carbocycles. The van der Waals surface area contributed by atoms with Crippen molar-refractivity contribution < 1.29 is 0 Å². The van der Waals surface area contributed by atoms with Gasteiger partial charge in [0.1, 0.15) is 0 Å². The predicted molar refractivity (Wildman–Crippen MR) is 76.3 cm³/mol. The van der Waals surface area contributed by atoms with E-state index in [1.165, 1.54) is 16.8 Å². The van der Waals surface area contributed by atoms with E-state index in [-0.39, 0.29) is 0 Å². The first-order chi connectivity index (χ1) is 8.11. The van der Waals surface area contributed by atoms with Crippen LogP contribution in [-0.2, 0) is 0 Å². The number of hydrogen-bond donors (Lipinski definition) is 0. The maximum atomic E-state index is 2.37. The van der Waals surface area contributed by atoms with Crippen molar-refractivity contribution in [3.8, 4) is 0 Å². The topological polar surface area (TPSA) is 3.24 Å². The smallest absolute Gasteiger partial charge is 0.0517 e. The Morgan fingerprint density at radius 3 is 2.41 bits per heavy atom. The van der Waals surface area contributed by atoms with Gasteiger partial charge in [0.15, 0.2) is 0 Å². The van der Waals surface area contributed by atoms with Gasteiger partial charge in [-0.25, -0.2) is 0 Å². The van der Waals surface area contributed by atoms with Gasteiger partial charge in [-0.3, -0.25) is 0 Å². The summed E-state index contributed by atoms with van der Waals surface area (Å²) in [4.78, 5) is 2.37. The van der Waals surface area contributed by atoms with Crippen LogP contribution in [0.15, 0.2) is 36.6 Å². The molecule has 1 nitrogen and oxygen atoms in total. The van der Waals surface area contributed by atoms with E-state index in [0.717, 1.165) is 0 Å². The van der Waals surface area contributed by atoms with Gasteiger partial charge in [-0.15, -0.1) is 0 Å². The van der Waals surface area contributed by atoms with Gasteiger partial charge in [-0.1, -0.05) is 44.2 Å². The van der Waals surface area contributed by atoms with Gasteiger partial charge in [-0.05, 0) is 37.0 Å². The molecule has 0 spiro atoms. The molecular formula is C16H21N. The lowest BCUT2D eigenvalue weighted by molar-refractivity contribution is 0.765. The third-order valence-electron chi connectivity index (χ3n) is 3.17. The Morgan fingerprint density at radius 1 is 1.00 bits per heavy atom. The van der Waals surface area contributed by atoms with Gasteiger partial charge < -0.3 is 4.90 Å². The first-order valence-electron chi connectivity index (χ1n) is 6.37. The molecule has 1 aromatic rings. The third kappa shape index (κ3) is 2.28. The molecule has 1 heteroatoms. The number of hydrogen-bond acceptors (Lipinski definition) is 1. The lowest BCUT2D eigenvalue weighted by atomic mass is 9.96. The van der Waals surface area contributed by atoms with Crippen LogP contribution < -0.4 is 4.90 Å². The van der Waals surface area contributed by atoms with Crippen molar-refractivity contribution >= 4 is 11.8 Å². The fourth-order valence-electron chi connectivity index (χ4n) is 2.29. The highest BCUT2D eigenvalue weighted by atomic mass is 15.1. The Labute approximate surface area is 104 Å². The molecule has 0 fully saturated rings. The second kappa shape index (κ2) is 4.79. The van der Waals surface area contributed by atoms with Crippen LogP contribution in [0.25, 0.3) is 6.08 Å². The molecule has 2 rings (SSSR count). The van der Waals surface area contributed by atoms with Crippen LogP contribution in [-0.4, -0.2) is 6.04 Å². The second-order valence-electron chi connectivity index (χ2n) is 5.14. The Balaban J connectivity index is 2.62. The van der Waals surface area contributed by atoms with Crippen LogP contribution in [0.3, 0.4) is 0 Å². The van der Waals surface area contributed by atoms with Gasteiger partial charge in [0.2, 0.25) is 0 Å². The van der Waals surface area contributed by atoms with E-state index >= 15 is 0 Å². The predicted octanol–water partition coefficient (Wildman–Crippen LogP) is 4.57. The maximum absolute atomic E-state index is 2.37. The van der Waals surface area contributed by atoms with Crippen molar-refractivity contribution in [1.82, 2.24) is 0 Å². The molecule has 0 bridgehead atoms. The first kappa shape index (κ1) is 12.0. The summed E-state index contributed by atoms with van der Waals surface area (Å²) in [6.07, 6.45) is 8.61. The molecule has 0 aromatic heterocycles. The SMILES string of the molecule is CC(C)c1cccc2c1N(C(C)C)C=CC=C2. The van der Waals surface area contributed by atoms with E-state index in [1.54, 1.807) is 0 Å². The molecule has 0 aliphatic carbocycles. The number of benzene rings is 1. The minimum absolute atomic E-state index is 0.477. The van der Waals surface area contributed by atoms with E-state index < -0.39 is 0 Å². The monoisotopic (exact) mass is 227 g/mol. The maximum Gasteiger partial charge on any atom is 0.0517 e. The molecule has 1 aliphatic rings. The summed E-state index contributed by atoms with van der Waals surface area (Å²) in [5.41, 5.74) is 4.10. The van der Waals surface area contributed by atoms with Gasteiger partial charge in [0.05, 0.1) is 5.69 Å². The number of fused-ring (bicyclic) bond motifs is 1. The molecule has 1 aliphatic heterocycles. The van der Waals surface area contributed by atoms with E-state index in [1.807, 2.05) is 0 Å². The van der Waals surface area contributed by atoms with Crippen molar-refractivity contribution in [1.29, 1.82) is 0 Å². The molecule has 0 radical (unpaired) electrons. The van der Waals surface area contributed by atoms with Crippen molar-refractivity contribution in [2.75, 3.05) is 4.90 Å². The molecule has 0 saturated heterocycles. The highest BCUT2D eigenvalue weighted by Crippen LogP contribution is 2.34. The summed E-state index contributed by atoms with van der Waals surface area (Å²) in [6.45, 7) is 8.98. The van der Waals surface area contributed by atoms with Crippen molar-refractivity contribution in [2.45, 2.75) is 39.7 Å². The normalized spacial score (nSPS) is 14.4. The zero-order chi connectivity index (χ0) is 12.4. The Bertz CT molecular complexity index is 453. The molecule has 0 saturated carbocycles. The molecule has 1 heterocycles. The van der Waals surface area contributed by atoms with E-state index in [2.05, 4.69) is 75.2 Å². The van der Waals surface area contributed by atoms with Gasteiger partial charge >= 0.3 is 0 Å². The number of anilines is 1. The summed E-state index contributed by atoms with van der Waals surface area (Å²) in [6, 6.07) is 7.07. The summed E-state index contributed by atoms with van der Waals surface area (Å²) >= 11 is 0. The Morgan fingerprint density at radius 2 is 1.76 bits per heavy atom. The minimum Gasteiger partial charge on any atom is -0.345 e. The quantitative estimate of drug-likeness (QED) is 0.715. The number of para-hydroxylation sites is 1. The van der Waals surface area contributed by atoms with Crippen LogP contribution in [0, 0.1) is 0 Å². The second-order valence-corrected chi connectivity index (χ2v) is 5.14. The molecular weight excluding hydrogens is 206 g/mol. The lowest BCUT2D eigenvalue weighted by Gasteiger charge is -2.29. The molecule has 0 amide bonds. The van der Waals surface area contributed by atoms with E-state index in [9.17, 15) is 0 Å². The molecule has 17 heavy (non-hydrogen) atoms. The Kier molecular flexibility index (Phi) is 3.37. The largest absolute Gasteiger partial charge is 0.345 e. The van der Waals surface area contributed by atoms with Crippen LogP contribution >= 0.6 is 0 Å². The van der Waals surface area contributed by atoms with Crippen LogP contribution in [0.1, 0.15) is 44.7 Å².